The molecule has 0 amide bonds. The van der Waals surface area contributed by atoms with Gasteiger partial charge in [0.2, 0.25) is 0 Å². The van der Waals surface area contributed by atoms with E-state index in [1.54, 1.807) is 12.1 Å². The van der Waals surface area contributed by atoms with Crippen molar-refractivity contribution >= 4 is 35.1 Å². The predicted octanol–water partition coefficient (Wildman–Crippen LogP) is 6.36. The Labute approximate surface area is 166 Å². The summed E-state index contributed by atoms with van der Waals surface area (Å²) in [5.41, 5.74) is 3.96. The summed E-state index contributed by atoms with van der Waals surface area (Å²) in [6.45, 7) is 0. The van der Waals surface area contributed by atoms with Crippen LogP contribution in [0.2, 0.25) is 10.0 Å². The third kappa shape index (κ3) is 3.27. The molecule has 0 aliphatic heterocycles. The molecule has 0 fully saturated rings. The van der Waals surface area contributed by atoms with E-state index in [1.807, 2.05) is 35.3 Å². The monoisotopic (exact) mass is 406 g/mol. The molecule has 0 saturated carbocycles. The molecule has 2 nitrogen and oxygen atoms in total. The van der Waals surface area contributed by atoms with Gasteiger partial charge >= 0.3 is 0 Å². The van der Waals surface area contributed by atoms with E-state index in [2.05, 4.69) is 11.5 Å². The Hall–Kier alpha value is -1.46. The van der Waals surface area contributed by atoms with E-state index >= 15 is 0 Å². The third-order valence-corrected chi connectivity index (χ3v) is 6.05. The van der Waals surface area contributed by atoms with Crippen LogP contribution in [-0.2, 0) is 6.42 Å². The van der Waals surface area contributed by atoms with E-state index in [0.29, 0.717) is 21.7 Å². The molecule has 6 heteroatoms. The topological polar surface area (TPSA) is 17.0 Å². The Balaban J connectivity index is 1.85. The lowest BCUT2D eigenvalue weighted by atomic mass is 10.1. The van der Waals surface area contributed by atoms with Crippen LogP contribution in [0.5, 0.6) is 0 Å². The van der Waals surface area contributed by atoms with E-state index in [0.717, 1.165) is 23.4 Å². The molecule has 0 saturated heterocycles. The van der Waals surface area contributed by atoms with Crippen molar-refractivity contribution in [1.82, 2.24) is 9.29 Å². The number of nitrogens with one attached hydrogen (secondary N) is 1. The quantitative estimate of drug-likeness (QED) is 0.542. The highest BCUT2D eigenvalue weighted by Gasteiger charge is 2.29. The first kappa shape index (κ1) is 17.9. The van der Waals surface area contributed by atoms with Crippen LogP contribution >= 0.6 is 35.1 Å². The van der Waals surface area contributed by atoms with Crippen molar-refractivity contribution in [2.75, 3.05) is 7.05 Å². The number of hydrogen-bond donors (Lipinski definition) is 1. The van der Waals surface area contributed by atoms with Gasteiger partial charge in [-0.3, -0.25) is 3.97 Å². The van der Waals surface area contributed by atoms with Crippen LogP contribution in [0.4, 0.5) is 4.39 Å². The molecule has 1 aromatic heterocycles. The van der Waals surface area contributed by atoms with Crippen LogP contribution in [0.3, 0.4) is 0 Å². The number of halogens is 3. The van der Waals surface area contributed by atoms with Gasteiger partial charge in [0, 0.05) is 32.7 Å². The molecule has 1 N–H and O–H groups in total. The van der Waals surface area contributed by atoms with Gasteiger partial charge in [-0.1, -0.05) is 35.3 Å². The standard InChI is InChI=1S/C20H17Cl2FN2S/c1-24-19-7-6-15-17(19)11-25(20(15)16-4-2-3-5-18(16)23)26-14-9-12(21)8-13(22)10-14/h2-5,8-11,19,24H,6-7H2,1H3. The summed E-state index contributed by atoms with van der Waals surface area (Å²) >= 11 is 13.8. The molecule has 2 aromatic carbocycles. The number of rotatable bonds is 4. The Bertz CT molecular complexity index is 950. The van der Waals surface area contributed by atoms with Gasteiger partial charge in [-0.25, -0.2) is 4.39 Å². The lowest BCUT2D eigenvalue weighted by molar-refractivity contribution is 0.588. The minimum Gasteiger partial charge on any atom is -0.313 e. The average molecular weight is 407 g/mol. The lowest BCUT2D eigenvalue weighted by Crippen LogP contribution is -2.12. The van der Waals surface area contributed by atoms with Crippen LogP contribution in [0, 0.1) is 5.82 Å². The number of benzene rings is 2. The van der Waals surface area contributed by atoms with Crippen molar-refractivity contribution in [2.24, 2.45) is 0 Å². The molecule has 134 valence electrons. The fourth-order valence-corrected chi connectivity index (χ4v) is 5.25. The molecule has 0 radical (unpaired) electrons. The SMILES string of the molecule is CNC1CCc2c1cn(Sc1cc(Cl)cc(Cl)c1)c2-c1ccccc1F. The average Bonchev–Trinajstić information content (AvgIpc) is 3.13. The molecular formula is C20H17Cl2FN2S. The summed E-state index contributed by atoms with van der Waals surface area (Å²) < 4.78 is 16.6. The smallest absolute Gasteiger partial charge is 0.132 e. The second kappa shape index (κ2) is 7.28. The van der Waals surface area contributed by atoms with Crippen molar-refractivity contribution in [3.63, 3.8) is 0 Å². The van der Waals surface area contributed by atoms with Gasteiger partial charge in [0.25, 0.3) is 0 Å². The molecule has 26 heavy (non-hydrogen) atoms. The van der Waals surface area contributed by atoms with Crippen LogP contribution < -0.4 is 5.32 Å². The summed E-state index contributed by atoms with van der Waals surface area (Å²) in [5.74, 6) is -0.215. The molecule has 4 rings (SSSR count). The molecule has 1 atom stereocenters. The lowest BCUT2D eigenvalue weighted by Gasteiger charge is -2.12. The van der Waals surface area contributed by atoms with Crippen molar-refractivity contribution < 1.29 is 4.39 Å². The predicted molar refractivity (Wildman–Crippen MR) is 108 cm³/mol. The minimum atomic E-state index is -0.215. The van der Waals surface area contributed by atoms with E-state index < -0.39 is 0 Å². The first-order chi connectivity index (χ1) is 12.6. The van der Waals surface area contributed by atoms with Gasteiger partial charge in [0.1, 0.15) is 5.82 Å². The van der Waals surface area contributed by atoms with Crippen LogP contribution in [0.25, 0.3) is 11.3 Å². The highest BCUT2D eigenvalue weighted by molar-refractivity contribution is 7.98. The number of aromatic nitrogens is 1. The summed E-state index contributed by atoms with van der Waals surface area (Å²) in [4.78, 5) is 0.912. The van der Waals surface area contributed by atoms with E-state index in [1.165, 1.54) is 29.1 Å². The Morgan fingerprint density at radius 3 is 2.58 bits per heavy atom. The molecule has 1 aliphatic carbocycles. The first-order valence-corrected chi connectivity index (χ1v) is 9.90. The third-order valence-electron chi connectivity index (χ3n) is 4.69. The summed E-state index contributed by atoms with van der Waals surface area (Å²) in [6.07, 6.45) is 4.05. The van der Waals surface area contributed by atoms with E-state index in [4.69, 9.17) is 23.2 Å². The number of nitrogens with zero attached hydrogens (tertiary/aromatic N) is 1. The van der Waals surface area contributed by atoms with Crippen LogP contribution in [0.15, 0.2) is 53.6 Å². The number of fused-ring (bicyclic) bond motifs is 1. The zero-order valence-electron chi connectivity index (χ0n) is 14.1. The summed E-state index contributed by atoms with van der Waals surface area (Å²) in [6, 6.07) is 12.6. The minimum absolute atomic E-state index is 0.215. The molecule has 1 heterocycles. The zero-order chi connectivity index (χ0) is 18.3. The second-order valence-electron chi connectivity index (χ2n) is 6.29. The van der Waals surface area contributed by atoms with Crippen molar-refractivity contribution in [2.45, 2.75) is 23.8 Å². The van der Waals surface area contributed by atoms with Gasteiger partial charge < -0.3 is 5.32 Å². The highest BCUT2D eigenvalue weighted by atomic mass is 35.5. The van der Waals surface area contributed by atoms with Crippen LogP contribution in [0.1, 0.15) is 23.6 Å². The Morgan fingerprint density at radius 1 is 1.15 bits per heavy atom. The van der Waals surface area contributed by atoms with E-state index in [-0.39, 0.29) is 5.82 Å². The first-order valence-electron chi connectivity index (χ1n) is 8.37. The Kier molecular flexibility index (Phi) is 5.02. The summed E-state index contributed by atoms with van der Waals surface area (Å²) in [7, 11) is 1.96. The van der Waals surface area contributed by atoms with Crippen molar-refractivity contribution in [3.8, 4) is 11.3 Å². The summed E-state index contributed by atoms with van der Waals surface area (Å²) in [5, 5.41) is 4.52. The largest absolute Gasteiger partial charge is 0.313 e. The second-order valence-corrected chi connectivity index (χ2v) is 8.21. The van der Waals surface area contributed by atoms with E-state index in [9.17, 15) is 4.39 Å². The van der Waals surface area contributed by atoms with Crippen molar-refractivity contribution in [3.05, 3.63) is 75.7 Å². The van der Waals surface area contributed by atoms with Crippen LogP contribution in [-0.4, -0.2) is 11.0 Å². The highest BCUT2D eigenvalue weighted by Crippen LogP contribution is 2.43. The molecule has 1 aliphatic rings. The van der Waals surface area contributed by atoms with Gasteiger partial charge in [-0.15, -0.1) is 0 Å². The van der Waals surface area contributed by atoms with Gasteiger partial charge in [-0.05, 0) is 73.3 Å². The molecule has 0 bridgehead atoms. The van der Waals surface area contributed by atoms with Gasteiger partial charge in [0.15, 0.2) is 0 Å². The maximum Gasteiger partial charge on any atom is 0.132 e. The Morgan fingerprint density at radius 2 is 1.88 bits per heavy atom. The molecule has 1 unspecified atom stereocenters. The molecule has 0 spiro atoms. The van der Waals surface area contributed by atoms with Gasteiger partial charge in [0.05, 0.1) is 5.69 Å². The van der Waals surface area contributed by atoms with Gasteiger partial charge in [-0.2, -0.15) is 0 Å². The molecule has 3 aromatic rings. The normalized spacial score (nSPS) is 16.1. The fraction of sp³-hybridized carbons (Fsp3) is 0.200. The fourth-order valence-electron chi connectivity index (χ4n) is 3.55. The van der Waals surface area contributed by atoms with Crippen molar-refractivity contribution in [1.29, 1.82) is 0 Å². The maximum absolute atomic E-state index is 14.6. The maximum atomic E-state index is 14.6. The molecular weight excluding hydrogens is 390 g/mol. The number of hydrogen-bond acceptors (Lipinski definition) is 2. The zero-order valence-corrected chi connectivity index (χ0v) is 16.4.